The summed E-state index contributed by atoms with van der Waals surface area (Å²) in [6.45, 7) is 3.14. The molecule has 1 rings (SSSR count). The minimum Gasteiger partial charge on any atom is -0.468 e. The van der Waals surface area contributed by atoms with E-state index in [1.165, 1.54) is 19.1 Å². The third-order valence-corrected chi connectivity index (χ3v) is 2.83. The van der Waals surface area contributed by atoms with Gasteiger partial charge in [-0.15, -0.1) is 0 Å². The fourth-order valence-corrected chi connectivity index (χ4v) is 1.83. The van der Waals surface area contributed by atoms with Crippen LogP contribution in [0.1, 0.15) is 16.8 Å². The highest BCUT2D eigenvalue weighted by atomic mass is 16.5. The van der Waals surface area contributed by atoms with Crippen LogP contribution in [0.5, 0.6) is 0 Å². The zero-order valence-electron chi connectivity index (χ0n) is 12.5. The predicted octanol–water partition coefficient (Wildman–Crippen LogP) is 0.723. The Labute approximate surface area is 123 Å². The number of ether oxygens (including phenoxy) is 2. The summed E-state index contributed by atoms with van der Waals surface area (Å²) < 4.78 is 9.22. The third kappa shape index (κ3) is 4.18. The highest BCUT2D eigenvalue weighted by Crippen LogP contribution is 2.21. The second-order valence-corrected chi connectivity index (χ2v) is 4.40. The number of hydrogen-bond donors (Lipinski definition) is 0. The van der Waals surface area contributed by atoms with Crippen LogP contribution in [0.25, 0.3) is 0 Å². The Balaban J connectivity index is 3.27. The Hall–Kier alpha value is -2.62. The molecule has 1 aromatic rings. The van der Waals surface area contributed by atoms with Gasteiger partial charge in [0.2, 0.25) is 0 Å². The van der Waals surface area contributed by atoms with Crippen molar-refractivity contribution in [2.75, 3.05) is 32.2 Å². The molecule has 112 valence electrons. The lowest BCUT2D eigenvalue weighted by Gasteiger charge is -2.23. The Bertz CT molecular complexity index is 575. The number of aromatic nitrogens is 1. The van der Waals surface area contributed by atoms with Crippen molar-refractivity contribution in [2.24, 2.45) is 0 Å². The van der Waals surface area contributed by atoms with Crippen molar-refractivity contribution >= 4 is 17.8 Å². The van der Waals surface area contributed by atoms with Gasteiger partial charge in [0.05, 0.1) is 19.8 Å². The van der Waals surface area contributed by atoms with Crippen LogP contribution in [0.15, 0.2) is 6.07 Å². The van der Waals surface area contributed by atoms with Crippen LogP contribution >= 0.6 is 0 Å². The van der Waals surface area contributed by atoms with Crippen molar-refractivity contribution in [1.82, 2.24) is 4.98 Å². The number of carbonyl (C=O) groups is 2. The highest BCUT2D eigenvalue weighted by molar-refractivity contribution is 5.81. The number of esters is 2. The first-order chi connectivity index (χ1) is 9.92. The largest absolute Gasteiger partial charge is 0.468 e. The Kier molecular flexibility index (Phi) is 5.67. The van der Waals surface area contributed by atoms with Crippen molar-refractivity contribution in [3.8, 4) is 6.07 Å². The van der Waals surface area contributed by atoms with Crippen LogP contribution in [-0.4, -0.2) is 44.2 Å². The fraction of sp³-hybridized carbons (Fsp3) is 0.429. The molecule has 0 spiro atoms. The van der Waals surface area contributed by atoms with Crippen molar-refractivity contribution in [1.29, 1.82) is 5.26 Å². The van der Waals surface area contributed by atoms with Gasteiger partial charge < -0.3 is 14.4 Å². The van der Waals surface area contributed by atoms with Crippen LogP contribution in [0.2, 0.25) is 0 Å². The minimum absolute atomic E-state index is 0.198. The van der Waals surface area contributed by atoms with Crippen LogP contribution in [0.3, 0.4) is 0 Å². The number of anilines is 1. The first kappa shape index (κ1) is 16.4. The topological polar surface area (TPSA) is 92.5 Å². The summed E-state index contributed by atoms with van der Waals surface area (Å²) in [4.78, 5) is 28.7. The number of nitriles is 1. The van der Waals surface area contributed by atoms with E-state index < -0.39 is 11.9 Å². The van der Waals surface area contributed by atoms with E-state index >= 15 is 0 Å². The van der Waals surface area contributed by atoms with Crippen molar-refractivity contribution in [2.45, 2.75) is 13.8 Å². The van der Waals surface area contributed by atoms with Gasteiger partial charge in [0.25, 0.3) is 0 Å². The summed E-state index contributed by atoms with van der Waals surface area (Å²) in [6.07, 6.45) is 0. The fourth-order valence-electron chi connectivity index (χ4n) is 1.83. The zero-order valence-corrected chi connectivity index (χ0v) is 12.5. The van der Waals surface area contributed by atoms with E-state index in [1.54, 1.807) is 19.9 Å². The molecule has 1 heterocycles. The summed E-state index contributed by atoms with van der Waals surface area (Å²) >= 11 is 0. The van der Waals surface area contributed by atoms with Gasteiger partial charge in [0, 0.05) is 5.69 Å². The molecule has 0 radical (unpaired) electrons. The van der Waals surface area contributed by atoms with Gasteiger partial charge in [-0.1, -0.05) is 0 Å². The molecule has 0 aliphatic heterocycles. The van der Waals surface area contributed by atoms with E-state index in [0.717, 1.165) is 5.56 Å². The van der Waals surface area contributed by atoms with E-state index in [9.17, 15) is 14.9 Å². The molecule has 0 aliphatic rings. The average molecular weight is 291 g/mol. The SMILES string of the molecule is COC(=O)CN(CC(=O)OC)c1nc(C)cc(C)c1C#N. The van der Waals surface area contributed by atoms with Gasteiger partial charge in [-0.05, 0) is 25.5 Å². The predicted molar refractivity (Wildman–Crippen MR) is 74.7 cm³/mol. The van der Waals surface area contributed by atoms with Gasteiger partial charge in [-0.3, -0.25) is 9.59 Å². The third-order valence-electron chi connectivity index (χ3n) is 2.83. The molecule has 7 heteroatoms. The standard InChI is InChI=1S/C14H17N3O4/c1-9-5-10(2)16-14(11(9)6-15)17(7-12(18)20-3)8-13(19)21-4/h5H,7-8H2,1-4H3. The maximum Gasteiger partial charge on any atom is 0.325 e. The van der Waals surface area contributed by atoms with Crippen LogP contribution in [0, 0.1) is 25.2 Å². The summed E-state index contributed by atoms with van der Waals surface area (Å²) in [5, 5.41) is 9.27. The number of aryl methyl sites for hydroxylation is 2. The van der Waals surface area contributed by atoms with E-state index in [0.29, 0.717) is 11.3 Å². The summed E-state index contributed by atoms with van der Waals surface area (Å²) in [7, 11) is 2.50. The number of nitrogens with zero attached hydrogens (tertiary/aromatic N) is 3. The van der Waals surface area contributed by atoms with Gasteiger partial charge in [0.1, 0.15) is 25.0 Å². The van der Waals surface area contributed by atoms with Gasteiger partial charge in [0.15, 0.2) is 0 Å². The normalized spacial score (nSPS) is 9.67. The average Bonchev–Trinajstić information content (AvgIpc) is 2.45. The molecule has 0 fully saturated rings. The first-order valence-electron chi connectivity index (χ1n) is 6.19. The molecular weight excluding hydrogens is 274 g/mol. The number of hydrogen-bond acceptors (Lipinski definition) is 7. The first-order valence-corrected chi connectivity index (χ1v) is 6.19. The number of pyridine rings is 1. The summed E-state index contributed by atoms with van der Waals surface area (Å²) in [6, 6.07) is 3.81. The van der Waals surface area contributed by atoms with Crippen LogP contribution < -0.4 is 4.90 Å². The molecule has 0 saturated carbocycles. The monoisotopic (exact) mass is 291 g/mol. The van der Waals surface area contributed by atoms with Crippen molar-refractivity contribution < 1.29 is 19.1 Å². The van der Waals surface area contributed by atoms with E-state index in [-0.39, 0.29) is 18.9 Å². The van der Waals surface area contributed by atoms with Crippen molar-refractivity contribution in [3.05, 3.63) is 22.9 Å². The van der Waals surface area contributed by atoms with Gasteiger partial charge in [-0.25, -0.2) is 4.98 Å². The molecule has 7 nitrogen and oxygen atoms in total. The zero-order chi connectivity index (χ0) is 16.0. The van der Waals surface area contributed by atoms with Crippen LogP contribution in [0.4, 0.5) is 5.82 Å². The second kappa shape index (κ2) is 7.24. The molecule has 0 saturated heterocycles. The van der Waals surface area contributed by atoms with E-state index in [1.807, 2.05) is 6.07 Å². The molecule has 21 heavy (non-hydrogen) atoms. The summed E-state index contributed by atoms with van der Waals surface area (Å²) in [5.74, 6) is -0.807. The molecular formula is C14H17N3O4. The van der Waals surface area contributed by atoms with Crippen LogP contribution in [-0.2, 0) is 19.1 Å². The lowest BCUT2D eigenvalue weighted by molar-refractivity contribution is -0.140. The Morgan fingerprint density at radius 2 is 1.76 bits per heavy atom. The summed E-state index contributed by atoms with van der Waals surface area (Å²) in [5.41, 5.74) is 1.72. The molecule has 0 aliphatic carbocycles. The van der Waals surface area contributed by atoms with E-state index in [2.05, 4.69) is 14.5 Å². The Morgan fingerprint density at radius 1 is 1.24 bits per heavy atom. The maximum atomic E-state index is 11.5. The minimum atomic E-state index is -0.538. The molecule has 0 amide bonds. The smallest absolute Gasteiger partial charge is 0.325 e. The lowest BCUT2D eigenvalue weighted by atomic mass is 10.1. The number of rotatable bonds is 5. The van der Waals surface area contributed by atoms with Crippen molar-refractivity contribution in [3.63, 3.8) is 0 Å². The molecule has 0 N–H and O–H groups in total. The van der Waals surface area contributed by atoms with E-state index in [4.69, 9.17) is 0 Å². The van der Waals surface area contributed by atoms with Gasteiger partial charge >= 0.3 is 11.9 Å². The maximum absolute atomic E-state index is 11.5. The highest BCUT2D eigenvalue weighted by Gasteiger charge is 2.21. The Morgan fingerprint density at radius 3 is 2.19 bits per heavy atom. The number of carbonyl (C=O) groups excluding carboxylic acids is 2. The molecule has 1 aromatic heterocycles. The molecule has 0 bridgehead atoms. The van der Waals surface area contributed by atoms with Gasteiger partial charge in [-0.2, -0.15) is 5.26 Å². The second-order valence-electron chi connectivity index (χ2n) is 4.40. The number of methoxy groups -OCH3 is 2. The molecule has 0 atom stereocenters. The molecule has 0 unspecified atom stereocenters. The lowest BCUT2D eigenvalue weighted by Crippen LogP contribution is -2.37. The molecule has 0 aromatic carbocycles. The quantitative estimate of drug-likeness (QED) is 0.738.